The van der Waals surface area contributed by atoms with Crippen molar-refractivity contribution < 1.29 is 13.2 Å². The van der Waals surface area contributed by atoms with E-state index >= 15 is 0 Å². The Bertz CT molecular complexity index is 1280. The lowest BCUT2D eigenvalue weighted by molar-refractivity contribution is 0.416. The van der Waals surface area contributed by atoms with Crippen molar-refractivity contribution in [2.75, 3.05) is 18.7 Å². The van der Waals surface area contributed by atoms with Gasteiger partial charge in [0.25, 0.3) is 0 Å². The van der Waals surface area contributed by atoms with Crippen LogP contribution in [0.4, 0.5) is 5.69 Å². The summed E-state index contributed by atoms with van der Waals surface area (Å²) in [7, 11) is -1.82. The fourth-order valence-electron chi connectivity index (χ4n) is 3.58. The predicted octanol–water partition coefficient (Wildman–Crippen LogP) is 3.79. The summed E-state index contributed by atoms with van der Waals surface area (Å²) in [6.45, 7) is 2.11. The van der Waals surface area contributed by atoms with Crippen molar-refractivity contribution in [1.82, 2.24) is 10.2 Å². The lowest BCUT2D eigenvalue weighted by Crippen LogP contribution is -2.19. The van der Waals surface area contributed by atoms with Crippen molar-refractivity contribution in [3.63, 3.8) is 0 Å². The van der Waals surface area contributed by atoms with Crippen LogP contribution in [-0.4, -0.2) is 38.0 Å². The van der Waals surface area contributed by atoms with Crippen molar-refractivity contribution in [2.24, 2.45) is 5.92 Å². The summed E-state index contributed by atoms with van der Waals surface area (Å²) in [6, 6.07) is 12.7. The van der Waals surface area contributed by atoms with Gasteiger partial charge in [-0.1, -0.05) is 6.07 Å². The zero-order chi connectivity index (χ0) is 21.5. The van der Waals surface area contributed by atoms with Crippen LogP contribution in [0.3, 0.4) is 0 Å². The zero-order valence-electron chi connectivity index (χ0n) is 17.0. The van der Waals surface area contributed by atoms with Gasteiger partial charge in [0.05, 0.1) is 23.2 Å². The number of nitrogens with one attached hydrogen (secondary N) is 1. The summed E-state index contributed by atoms with van der Waals surface area (Å²) in [5, 5.41) is 22.1. The number of rotatable bonds is 6. The molecule has 1 saturated carbocycles. The average molecular weight is 423 g/mol. The minimum absolute atomic E-state index is 0.213. The van der Waals surface area contributed by atoms with E-state index in [4.69, 9.17) is 4.74 Å². The number of methoxy groups -OCH3 is 1. The van der Waals surface area contributed by atoms with E-state index < -0.39 is 9.84 Å². The summed E-state index contributed by atoms with van der Waals surface area (Å²) in [5.74, 6) is 1.17. The summed E-state index contributed by atoms with van der Waals surface area (Å²) in [4.78, 5) is 0.213. The Morgan fingerprint density at radius 2 is 1.97 bits per heavy atom. The molecule has 4 rings (SSSR count). The quantitative estimate of drug-likeness (QED) is 0.644. The Kier molecular flexibility index (Phi) is 5.08. The Morgan fingerprint density at radius 3 is 2.60 bits per heavy atom. The molecule has 7 nitrogen and oxygen atoms in total. The molecule has 2 aromatic carbocycles. The number of hydrogen-bond acceptors (Lipinski definition) is 7. The second-order valence-corrected chi connectivity index (χ2v) is 9.69. The maximum absolute atomic E-state index is 12.0. The van der Waals surface area contributed by atoms with Gasteiger partial charge in [-0.3, -0.25) is 0 Å². The van der Waals surface area contributed by atoms with E-state index in [1.165, 1.54) is 25.2 Å². The van der Waals surface area contributed by atoms with Gasteiger partial charge in [-0.25, -0.2) is 8.42 Å². The lowest BCUT2D eigenvalue weighted by atomic mass is 10.0. The number of aromatic nitrogens is 2. The van der Waals surface area contributed by atoms with Gasteiger partial charge in [-0.05, 0) is 61.6 Å². The Labute approximate surface area is 175 Å². The van der Waals surface area contributed by atoms with Gasteiger partial charge in [0.2, 0.25) is 0 Å². The molecule has 1 aliphatic rings. The van der Waals surface area contributed by atoms with E-state index in [0.717, 1.165) is 10.9 Å². The van der Waals surface area contributed by atoms with Crippen molar-refractivity contribution in [1.29, 1.82) is 5.26 Å². The minimum Gasteiger partial charge on any atom is -0.496 e. The Hall–Kier alpha value is -3.18. The molecule has 0 saturated heterocycles. The third kappa shape index (κ3) is 3.81. The molecule has 1 fully saturated rings. The highest BCUT2D eigenvalue weighted by molar-refractivity contribution is 7.90. The first-order valence-corrected chi connectivity index (χ1v) is 11.6. The number of nitriles is 1. The molecular weight excluding hydrogens is 400 g/mol. The maximum Gasteiger partial charge on any atom is 0.186 e. The molecule has 154 valence electrons. The first-order chi connectivity index (χ1) is 14.3. The predicted molar refractivity (Wildman–Crippen MR) is 115 cm³/mol. The number of nitrogens with zero attached hydrogens (tertiary/aromatic N) is 3. The molecule has 0 aliphatic heterocycles. The van der Waals surface area contributed by atoms with Crippen molar-refractivity contribution >= 4 is 26.4 Å². The van der Waals surface area contributed by atoms with Crippen LogP contribution in [0, 0.1) is 17.2 Å². The first-order valence-electron chi connectivity index (χ1n) is 9.67. The van der Waals surface area contributed by atoms with Gasteiger partial charge in [0.1, 0.15) is 11.8 Å². The molecular formula is C22H22N4O3S. The molecule has 1 heterocycles. The van der Waals surface area contributed by atoms with Crippen LogP contribution in [0.15, 0.2) is 41.3 Å². The lowest BCUT2D eigenvalue weighted by Gasteiger charge is -2.17. The fourth-order valence-corrected chi connectivity index (χ4v) is 4.23. The van der Waals surface area contributed by atoms with Crippen LogP contribution in [0.1, 0.15) is 25.5 Å². The van der Waals surface area contributed by atoms with Gasteiger partial charge in [0.15, 0.2) is 15.5 Å². The largest absolute Gasteiger partial charge is 0.496 e. The third-order valence-electron chi connectivity index (χ3n) is 5.48. The van der Waals surface area contributed by atoms with E-state index in [0.29, 0.717) is 28.4 Å². The number of benzene rings is 2. The molecule has 1 atom stereocenters. The van der Waals surface area contributed by atoms with Gasteiger partial charge in [-0.15, -0.1) is 10.2 Å². The van der Waals surface area contributed by atoms with E-state index in [2.05, 4.69) is 28.5 Å². The molecule has 0 radical (unpaired) electrons. The van der Waals surface area contributed by atoms with Crippen LogP contribution >= 0.6 is 0 Å². The third-order valence-corrected chi connectivity index (χ3v) is 6.59. The van der Waals surface area contributed by atoms with Gasteiger partial charge in [0, 0.05) is 23.2 Å². The molecule has 0 spiro atoms. The van der Waals surface area contributed by atoms with Crippen LogP contribution < -0.4 is 10.1 Å². The highest BCUT2D eigenvalue weighted by Gasteiger charge is 2.29. The number of ether oxygens (including phenoxy) is 1. The summed E-state index contributed by atoms with van der Waals surface area (Å²) in [5.41, 5.74) is 2.97. The molecule has 30 heavy (non-hydrogen) atoms. The molecule has 0 bridgehead atoms. The van der Waals surface area contributed by atoms with Crippen LogP contribution in [0.25, 0.3) is 22.0 Å². The van der Waals surface area contributed by atoms with Gasteiger partial charge in [-0.2, -0.15) is 5.26 Å². The summed E-state index contributed by atoms with van der Waals surface area (Å²) in [6.07, 6.45) is 3.55. The number of anilines is 1. The summed E-state index contributed by atoms with van der Waals surface area (Å²) >= 11 is 0. The second kappa shape index (κ2) is 7.58. The highest BCUT2D eigenvalue weighted by Crippen LogP contribution is 2.37. The van der Waals surface area contributed by atoms with Crippen molar-refractivity contribution in [3.8, 4) is 22.9 Å². The number of fused-ring (bicyclic) bond motifs is 1. The standard InChI is InChI=1S/C22H22N4O3S/c1-13(14-4-5-14)24-22-17-8-6-15(10-19(17)25-26-20(22)12-23)18-11-16(30(3,27)28)7-9-21(18)29-2/h6-11,13-14H,4-5H2,1-3H3,(H,24,25). The van der Waals surface area contributed by atoms with Gasteiger partial charge < -0.3 is 10.1 Å². The first kappa shape index (κ1) is 20.1. The number of hydrogen-bond donors (Lipinski definition) is 1. The Balaban J connectivity index is 1.84. The van der Waals surface area contributed by atoms with E-state index in [1.54, 1.807) is 19.2 Å². The van der Waals surface area contributed by atoms with Gasteiger partial charge >= 0.3 is 0 Å². The molecule has 3 aromatic rings. The van der Waals surface area contributed by atoms with Crippen LogP contribution in [0.2, 0.25) is 0 Å². The van der Waals surface area contributed by atoms with Crippen LogP contribution in [-0.2, 0) is 9.84 Å². The maximum atomic E-state index is 12.0. The SMILES string of the molecule is COc1ccc(S(C)(=O)=O)cc1-c1ccc2c(NC(C)C3CC3)c(C#N)nnc2c1. The number of sulfone groups is 1. The van der Waals surface area contributed by atoms with Crippen LogP contribution in [0.5, 0.6) is 5.75 Å². The zero-order valence-corrected chi connectivity index (χ0v) is 17.8. The van der Waals surface area contributed by atoms with E-state index in [1.807, 2.05) is 18.2 Å². The smallest absolute Gasteiger partial charge is 0.186 e. The summed E-state index contributed by atoms with van der Waals surface area (Å²) < 4.78 is 29.4. The normalized spacial score (nSPS) is 14.9. The Morgan fingerprint density at radius 1 is 1.20 bits per heavy atom. The minimum atomic E-state index is -3.36. The topological polar surface area (TPSA) is 105 Å². The molecule has 1 aromatic heterocycles. The molecule has 1 aliphatic carbocycles. The van der Waals surface area contributed by atoms with Crippen molar-refractivity contribution in [3.05, 3.63) is 42.1 Å². The monoisotopic (exact) mass is 422 g/mol. The molecule has 8 heteroatoms. The van der Waals surface area contributed by atoms with E-state index in [-0.39, 0.29) is 16.6 Å². The highest BCUT2D eigenvalue weighted by atomic mass is 32.2. The molecule has 1 N–H and O–H groups in total. The fraction of sp³-hybridized carbons (Fsp3) is 0.318. The second-order valence-electron chi connectivity index (χ2n) is 7.67. The molecule has 0 amide bonds. The molecule has 1 unspecified atom stereocenters. The average Bonchev–Trinajstić information content (AvgIpc) is 3.58. The van der Waals surface area contributed by atoms with Crippen molar-refractivity contribution in [2.45, 2.75) is 30.7 Å². The van der Waals surface area contributed by atoms with E-state index in [9.17, 15) is 13.7 Å².